The molecule has 0 radical (unpaired) electrons. The Morgan fingerprint density at radius 3 is 2.54 bits per heavy atom. The molecule has 152 valence electrons. The van der Waals surface area contributed by atoms with Crippen LogP contribution >= 0.6 is 0 Å². The van der Waals surface area contributed by atoms with Crippen LogP contribution in [0.5, 0.6) is 5.75 Å². The minimum atomic E-state index is -0.537. The van der Waals surface area contributed by atoms with Crippen LogP contribution < -0.4 is 10.1 Å². The summed E-state index contributed by atoms with van der Waals surface area (Å²) in [5.41, 5.74) is 3.23. The Morgan fingerprint density at radius 1 is 1.18 bits per heavy atom. The first-order valence-electron chi connectivity index (χ1n) is 9.75. The summed E-state index contributed by atoms with van der Waals surface area (Å²) in [5.74, 6) is 2.07. The van der Waals surface area contributed by atoms with Gasteiger partial charge in [-0.1, -0.05) is 40.2 Å². The summed E-state index contributed by atoms with van der Waals surface area (Å²) < 4.78 is 10.7. The van der Waals surface area contributed by atoms with Crippen LogP contribution in [0.25, 0.3) is 11.1 Å². The highest BCUT2D eigenvalue weighted by atomic mass is 16.5. The fourth-order valence-electron chi connectivity index (χ4n) is 2.85. The molecule has 5 nitrogen and oxygen atoms in total. The monoisotopic (exact) mass is 384 g/mol. The van der Waals surface area contributed by atoms with Crippen LogP contribution in [0.1, 0.15) is 46.1 Å². The van der Waals surface area contributed by atoms with Crippen molar-refractivity contribution in [1.82, 2.24) is 4.98 Å². The summed E-state index contributed by atoms with van der Waals surface area (Å²) in [6, 6.07) is 9.86. The minimum absolute atomic E-state index is 0.148. The van der Waals surface area contributed by atoms with Crippen molar-refractivity contribution in [2.24, 2.45) is 11.3 Å². The molecule has 1 aromatic carbocycles. The maximum Gasteiger partial charge on any atom is 0.412 e. The van der Waals surface area contributed by atoms with Crippen molar-refractivity contribution in [3.05, 3.63) is 42.1 Å². The van der Waals surface area contributed by atoms with Gasteiger partial charge in [-0.2, -0.15) is 0 Å². The van der Waals surface area contributed by atoms with Crippen molar-refractivity contribution in [3.63, 3.8) is 0 Å². The van der Waals surface area contributed by atoms with E-state index in [1.807, 2.05) is 24.3 Å². The van der Waals surface area contributed by atoms with E-state index in [1.54, 1.807) is 6.20 Å². The standard InChI is InChI=1S/C23H32N2O3/c1-16(2)9-11-23(4,5)15-28-20-8-7-18(13-17(20)3)19-10-12-24-21(14-19)25-22(26)27-6/h7-8,10,12-14,16H,9,11,15H2,1-6H3,(H,24,25,26). The molecule has 5 heteroatoms. The topological polar surface area (TPSA) is 60.5 Å². The lowest BCUT2D eigenvalue weighted by molar-refractivity contribution is 0.161. The quantitative estimate of drug-likeness (QED) is 0.599. The Balaban J connectivity index is 2.08. The molecule has 1 amide bonds. The SMILES string of the molecule is COC(=O)Nc1cc(-c2ccc(OCC(C)(C)CCC(C)C)c(C)c2)ccn1. The number of anilines is 1. The van der Waals surface area contributed by atoms with Crippen LogP contribution in [0, 0.1) is 18.3 Å². The molecule has 1 aromatic heterocycles. The molecule has 0 atom stereocenters. The van der Waals surface area contributed by atoms with E-state index in [4.69, 9.17) is 4.74 Å². The van der Waals surface area contributed by atoms with Crippen molar-refractivity contribution in [1.29, 1.82) is 0 Å². The average molecular weight is 385 g/mol. The number of nitrogens with one attached hydrogen (secondary N) is 1. The third-order valence-electron chi connectivity index (χ3n) is 4.70. The Bertz CT molecular complexity index is 800. The number of ether oxygens (including phenoxy) is 2. The van der Waals surface area contributed by atoms with E-state index < -0.39 is 6.09 Å². The van der Waals surface area contributed by atoms with Gasteiger partial charge >= 0.3 is 6.09 Å². The molecule has 0 aliphatic carbocycles. The second-order valence-corrected chi connectivity index (χ2v) is 8.41. The Kier molecular flexibility index (Phi) is 7.44. The molecule has 0 aliphatic rings. The minimum Gasteiger partial charge on any atom is -0.493 e. The number of hydrogen-bond acceptors (Lipinski definition) is 4. The number of pyridine rings is 1. The van der Waals surface area contributed by atoms with E-state index in [9.17, 15) is 4.79 Å². The van der Waals surface area contributed by atoms with E-state index in [1.165, 1.54) is 13.5 Å². The molecule has 2 rings (SSSR count). The first-order valence-corrected chi connectivity index (χ1v) is 9.75. The largest absolute Gasteiger partial charge is 0.493 e. The number of aryl methyl sites for hydroxylation is 1. The normalized spacial score (nSPS) is 11.4. The average Bonchev–Trinajstić information content (AvgIpc) is 2.65. The smallest absolute Gasteiger partial charge is 0.412 e. The molecule has 0 saturated carbocycles. The molecular formula is C23H32N2O3. The number of carbonyl (C=O) groups is 1. The molecule has 0 aliphatic heterocycles. The van der Waals surface area contributed by atoms with Crippen molar-refractivity contribution in [2.45, 2.75) is 47.5 Å². The van der Waals surface area contributed by atoms with Crippen LogP contribution in [0.3, 0.4) is 0 Å². The maximum atomic E-state index is 11.4. The zero-order chi connectivity index (χ0) is 20.7. The Morgan fingerprint density at radius 2 is 1.89 bits per heavy atom. The van der Waals surface area contributed by atoms with Crippen LogP contribution in [0.4, 0.5) is 10.6 Å². The molecule has 2 aromatic rings. The predicted molar refractivity (Wildman–Crippen MR) is 114 cm³/mol. The third-order valence-corrected chi connectivity index (χ3v) is 4.70. The fraction of sp³-hybridized carbons (Fsp3) is 0.478. The molecule has 1 N–H and O–H groups in total. The maximum absolute atomic E-state index is 11.4. The van der Waals surface area contributed by atoms with Gasteiger partial charge in [-0.15, -0.1) is 0 Å². The lowest BCUT2D eigenvalue weighted by Gasteiger charge is -2.26. The lowest BCUT2D eigenvalue weighted by atomic mass is 9.86. The van der Waals surface area contributed by atoms with Gasteiger partial charge in [0, 0.05) is 6.20 Å². The van der Waals surface area contributed by atoms with Gasteiger partial charge < -0.3 is 9.47 Å². The summed E-state index contributed by atoms with van der Waals surface area (Å²) in [7, 11) is 1.32. The first-order chi connectivity index (χ1) is 13.2. The summed E-state index contributed by atoms with van der Waals surface area (Å²) in [4.78, 5) is 15.5. The van der Waals surface area contributed by atoms with Crippen molar-refractivity contribution in [3.8, 4) is 16.9 Å². The van der Waals surface area contributed by atoms with E-state index in [0.29, 0.717) is 18.3 Å². The number of nitrogens with zero attached hydrogens (tertiary/aromatic N) is 1. The van der Waals surface area contributed by atoms with E-state index >= 15 is 0 Å². The third kappa shape index (κ3) is 6.55. The summed E-state index contributed by atoms with van der Waals surface area (Å²) in [6.45, 7) is 11.8. The van der Waals surface area contributed by atoms with Crippen LogP contribution in [-0.2, 0) is 4.74 Å². The molecule has 0 saturated heterocycles. The summed E-state index contributed by atoms with van der Waals surface area (Å²) in [5, 5.41) is 2.59. The number of carbonyl (C=O) groups excluding carboxylic acids is 1. The Hall–Kier alpha value is -2.56. The van der Waals surface area contributed by atoms with Crippen LogP contribution in [0.2, 0.25) is 0 Å². The number of methoxy groups -OCH3 is 1. The number of aromatic nitrogens is 1. The predicted octanol–water partition coefficient (Wildman–Crippen LogP) is 6.08. The number of amides is 1. The van der Waals surface area contributed by atoms with E-state index in [-0.39, 0.29) is 5.41 Å². The van der Waals surface area contributed by atoms with Gasteiger partial charge in [0.25, 0.3) is 0 Å². The van der Waals surface area contributed by atoms with Gasteiger partial charge in [0.05, 0.1) is 13.7 Å². The molecule has 0 bridgehead atoms. The van der Waals surface area contributed by atoms with Crippen molar-refractivity contribution >= 4 is 11.9 Å². The summed E-state index contributed by atoms with van der Waals surface area (Å²) in [6.07, 6.45) is 3.48. The fourth-order valence-corrected chi connectivity index (χ4v) is 2.85. The molecule has 0 spiro atoms. The van der Waals surface area contributed by atoms with Crippen LogP contribution in [-0.4, -0.2) is 24.8 Å². The highest BCUT2D eigenvalue weighted by Gasteiger charge is 2.19. The van der Waals surface area contributed by atoms with Gasteiger partial charge in [0.15, 0.2) is 0 Å². The van der Waals surface area contributed by atoms with Crippen molar-refractivity contribution < 1.29 is 14.3 Å². The van der Waals surface area contributed by atoms with Gasteiger partial charge in [-0.05, 0) is 65.6 Å². The van der Waals surface area contributed by atoms with Crippen LogP contribution in [0.15, 0.2) is 36.5 Å². The molecule has 0 unspecified atom stereocenters. The van der Waals surface area contributed by atoms with Gasteiger partial charge in [-0.3, -0.25) is 5.32 Å². The highest BCUT2D eigenvalue weighted by molar-refractivity contribution is 5.84. The highest BCUT2D eigenvalue weighted by Crippen LogP contribution is 2.30. The zero-order valence-electron chi connectivity index (χ0n) is 17.8. The van der Waals surface area contributed by atoms with Gasteiger partial charge in [0.2, 0.25) is 0 Å². The number of hydrogen-bond donors (Lipinski definition) is 1. The van der Waals surface area contributed by atoms with Gasteiger partial charge in [-0.25, -0.2) is 9.78 Å². The number of rotatable bonds is 8. The zero-order valence-corrected chi connectivity index (χ0v) is 17.8. The molecule has 0 fully saturated rings. The first kappa shape index (κ1) is 21.7. The second-order valence-electron chi connectivity index (χ2n) is 8.41. The van der Waals surface area contributed by atoms with Gasteiger partial charge in [0.1, 0.15) is 11.6 Å². The van der Waals surface area contributed by atoms with Crippen molar-refractivity contribution in [2.75, 3.05) is 19.0 Å². The lowest BCUT2D eigenvalue weighted by Crippen LogP contribution is -2.22. The number of benzene rings is 1. The molecule has 28 heavy (non-hydrogen) atoms. The molecular weight excluding hydrogens is 352 g/mol. The summed E-state index contributed by atoms with van der Waals surface area (Å²) >= 11 is 0. The molecule has 1 heterocycles. The second kappa shape index (κ2) is 9.58. The Labute approximate surface area is 168 Å². The van der Waals surface area contributed by atoms with E-state index in [2.05, 4.69) is 55.7 Å². The van der Waals surface area contributed by atoms with E-state index in [0.717, 1.165) is 28.9 Å².